The van der Waals surface area contributed by atoms with Crippen molar-refractivity contribution in [2.75, 3.05) is 26.5 Å². The molecule has 0 saturated heterocycles. The van der Waals surface area contributed by atoms with Crippen LogP contribution in [0.1, 0.15) is 17.2 Å². The lowest BCUT2D eigenvalue weighted by Crippen LogP contribution is -2.18. The molecule has 4 heteroatoms. The van der Waals surface area contributed by atoms with Gasteiger partial charge in [-0.05, 0) is 42.9 Å². The lowest BCUT2D eigenvalue weighted by atomic mass is 9.97. The molecular weight excluding hydrogens is 316 g/mol. The molecule has 0 aliphatic carbocycles. The van der Waals surface area contributed by atoms with E-state index in [4.69, 9.17) is 4.74 Å². The minimum atomic E-state index is 0.0794. The zero-order valence-electron chi connectivity index (χ0n) is 11.9. The number of nitrogens with one attached hydrogen (secondary N) is 2. The first-order valence-electron chi connectivity index (χ1n) is 6.48. The van der Waals surface area contributed by atoms with Crippen molar-refractivity contribution in [1.82, 2.24) is 5.32 Å². The quantitative estimate of drug-likeness (QED) is 0.872. The van der Waals surface area contributed by atoms with Crippen molar-refractivity contribution in [3.8, 4) is 5.75 Å². The highest BCUT2D eigenvalue weighted by molar-refractivity contribution is 9.10. The summed E-state index contributed by atoms with van der Waals surface area (Å²) in [4.78, 5) is 0. The van der Waals surface area contributed by atoms with Crippen LogP contribution in [-0.4, -0.2) is 21.2 Å². The molecule has 3 nitrogen and oxygen atoms in total. The van der Waals surface area contributed by atoms with Crippen LogP contribution < -0.4 is 15.4 Å². The second kappa shape index (κ2) is 6.77. The Labute approximate surface area is 128 Å². The first-order chi connectivity index (χ1) is 9.69. The number of hydrogen-bond acceptors (Lipinski definition) is 3. The molecular formula is C16H19BrN2O. The Morgan fingerprint density at radius 2 is 1.90 bits per heavy atom. The standard InChI is InChI=1S/C16H19BrN2O/c1-18-13-6-4-5-11(9-13)16(19-2)14-10-12(17)7-8-15(14)20-3/h4-10,16,18-19H,1-3H3. The molecule has 0 fully saturated rings. The summed E-state index contributed by atoms with van der Waals surface area (Å²) in [6.45, 7) is 0. The highest BCUT2D eigenvalue weighted by Crippen LogP contribution is 2.33. The van der Waals surface area contributed by atoms with Crippen molar-refractivity contribution in [2.24, 2.45) is 0 Å². The lowest BCUT2D eigenvalue weighted by molar-refractivity contribution is 0.405. The third-order valence-corrected chi connectivity index (χ3v) is 3.79. The minimum absolute atomic E-state index is 0.0794. The maximum absolute atomic E-state index is 5.48. The molecule has 2 aromatic carbocycles. The largest absolute Gasteiger partial charge is 0.496 e. The van der Waals surface area contributed by atoms with Crippen LogP contribution in [0.15, 0.2) is 46.9 Å². The van der Waals surface area contributed by atoms with Gasteiger partial charge in [-0.25, -0.2) is 0 Å². The maximum Gasteiger partial charge on any atom is 0.124 e. The zero-order valence-corrected chi connectivity index (χ0v) is 13.5. The summed E-state index contributed by atoms with van der Waals surface area (Å²) < 4.78 is 6.52. The van der Waals surface area contributed by atoms with E-state index < -0.39 is 0 Å². The van der Waals surface area contributed by atoms with Gasteiger partial charge in [0.05, 0.1) is 13.2 Å². The molecule has 0 heterocycles. The molecule has 0 amide bonds. The van der Waals surface area contributed by atoms with Crippen LogP contribution >= 0.6 is 15.9 Å². The Kier molecular flexibility index (Phi) is 5.04. The van der Waals surface area contributed by atoms with Gasteiger partial charge >= 0.3 is 0 Å². The molecule has 106 valence electrons. The Morgan fingerprint density at radius 3 is 2.55 bits per heavy atom. The SMILES string of the molecule is CNc1cccc(C(NC)c2cc(Br)ccc2OC)c1. The van der Waals surface area contributed by atoms with Crippen molar-refractivity contribution in [3.05, 3.63) is 58.1 Å². The van der Waals surface area contributed by atoms with E-state index in [-0.39, 0.29) is 6.04 Å². The summed E-state index contributed by atoms with van der Waals surface area (Å²) in [6, 6.07) is 14.5. The van der Waals surface area contributed by atoms with Crippen LogP contribution in [0.3, 0.4) is 0 Å². The molecule has 2 aromatic rings. The zero-order chi connectivity index (χ0) is 14.5. The van der Waals surface area contributed by atoms with Crippen molar-refractivity contribution in [2.45, 2.75) is 6.04 Å². The predicted octanol–water partition coefficient (Wildman–Crippen LogP) is 3.81. The van der Waals surface area contributed by atoms with Crippen molar-refractivity contribution < 1.29 is 4.74 Å². The lowest BCUT2D eigenvalue weighted by Gasteiger charge is -2.21. The third kappa shape index (κ3) is 3.14. The van der Waals surface area contributed by atoms with Gasteiger partial charge in [0.1, 0.15) is 5.75 Å². The first-order valence-corrected chi connectivity index (χ1v) is 7.27. The van der Waals surface area contributed by atoms with Crippen LogP contribution in [0.5, 0.6) is 5.75 Å². The summed E-state index contributed by atoms with van der Waals surface area (Å²) in [5.41, 5.74) is 3.39. The highest BCUT2D eigenvalue weighted by Gasteiger charge is 2.17. The number of rotatable bonds is 5. The van der Waals surface area contributed by atoms with Crippen LogP contribution in [-0.2, 0) is 0 Å². The number of benzene rings is 2. The van der Waals surface area contributed by atoms with E-state index in [0.717, 1.165) is 21.5 Å². The van der Waals surface area contributed by atoms with E-state index >= 15 is 0 Å². The maximum atomic E-state index is 5.48. The van der Waals surface area contributed by atoms with Crippen LogP contribution in [0.2, 0.25) is 0 Å². The fourth-order valence-electron chi connectivity index (χ4n) is 2.31. The van der Waals surface area contributed by atoms with E-state index in [0.29, 0.717) is 0 Å². The number of hydrogen-bond donors (Lipinski definition) is 2. The van der Waals surface area contributed by atoms with Crippen molar-refractivity contribution in [1.29, 1.82) is 0 Å². The monoisotopic (exact) mass is 334 g/mol. The molecule has 0 bridgehead atoms. The van der Waals surface area contributed by atoms with Gasteiger partial charge in [0.25, 0.3) is 0 Å². The first kappa shape index (κ1) is 14.9. The fourth-order valence-corrected chi connectivity index (χ4v) is 2.69. The van der Waals surface area contributed by atoms with Crippen LogP contribution in [0.4, 0.5) is 5.69 Å². The van der Waals surface area contributed by atoms with Gasteiger partial charge < -0.3 is 15.4 Å². The summed E-state index contributed by atoms with van der Waals surface area (Å²) in [6.07, 6.45) is 0. The molecule has 0 aliphatic heterocycles. The molecule has 0 aromatic heterocycles. The van der Waals surface area contributed by atoms with E-state index in [2.05, 4.69) is 50.8 Å². The van der Waals surface area contributed by atoms with E-state index in [1.807, 2.05) is 32.3 Å². The van der Waals surface area contributed by atoms with Gasteiger partial charge in [-0.1, -0.05) is 28.1 Å². The number of anilines is 1. The Hall–Kier alpha value is -1.52. The average molecular weight is 335 g/mol. The molecule has 0 saturated carbocycles. The normalized spacial score (nSPS) is 12.0. The fraction of sp³-hybridized carbons (Fsp3) is 0.250. The van der Waals surface area contributed by atoms with Gasteiger partial charge in [-0.3, -0.25) is 0 Å². The molecule has 1 unspecified atom stereocenters. The van der Waals surface area contributed by atoms with E-state index in [1.54, 1.807) is 7.11 Å². The van der Waals surface area contributed by atoms with Gasteiger partial charge in [0, 0.05) is 22.8 Å². The van der Waals surface area contributed by atoms with Gasteiger partial charge in [0.2, 0.25) is 0 Å². The van der Waals surface area contributed by atoms with Crippen molar-refractivity contribution >= 4 is 21.6 Å². The smallest absolute Gasteiger partial charge is 0.124 e. The van der Waals surface area contributed by atoms with E-state index in [1.165, 1.54) is 5.56 Å². The van der Waals surface area contributed by atoms with Crippen molar-refractivity contribution in [3.63, 3.8) is 0 Å². The molecule has 0 aliphatic rings. The minimum Gasteiger partial charge on any atom is -0.496 e. The topological polar surface area (TPSA) is 33.3 Å². The van der Waals surface area contributed by atoms with Crippen LogP contribution in [0, 0.1) is 0 Å². The summed E-state index contributed by atoms with van der Waals surface area (Å²) >= 11 is 3.53. The number of ether oxygens (including phenoxy) is 1. The van der Waals surface area contributed by atoms with E-state index in [9.17, 15) is 0 Å². The summed E-state index contributed by atoms with van der Waals surface area (Å²) in [7, 11) is 5.58. The average Bonchev–Trinajstić information content (AvgIpc) is 2.48. The molecule has 0 radical (unpaired) electrons. The van der Waals surface area contributed by atoms with Gasteiger partial charge in [-0.2, -0.15) is 0 Å². The summed E-state index contributed by atoms with van der Waals surface area (Å²) in [5, 5.41) is 6.53. The molecule has 0 spiro atoms. The molecule has 2 N–H and O–H groups in total. The third-order valence-electron chi connectivity index (χ3n) is 3.30. The molecule has 2 rings (SSSR count). The number of halogens is 1. The second-order valence-electron chi connectivity index (χ2n) is 4.48. The van der Waals surface area contributed by atoms with Crippen LogP contribution in [0.25, 0.3) is 0 Å². The highest BCUT2D eigenvalue weighted by atomic mass is 79.9. The molecule has 20 heavy (non-hydrogen) atoms. The van der Waals surface area contributed by atoms with Gasteiger partial charge in [0.15, 0.2) is 0 Å². The Bertz CT molecular complexity index is 586. The Morgan fingerprint density at radius 1 is 1.10 bits per heavy atom. The summed E-state index contributed by atoms with van der Waals surface area (Å²) in [5.74, 6) is 0.877. The predicted molar refractivity (Wildman–Crippen MR) is 87.6 cm³/mol. The molecule has 1 atom stereocenters. The second-order valence-corrected chi connectivity index (χ2v) is 5.40. The Balaban J connectivity index is 2.48. The van der Waals surface area contributed by atoms with Gasteiger partial charge in [-0.15, -0.1) is 0 Å². The number of methoxy groups -OCH3 is 1.